The van der Waals surface area contributed by atoms with Crippen molar-refractivity contribution in [1.82, 2.24) is 18.7 Å². The van der Waals surface area contributed by atoms with Gasteiger partial charge in [0.2, 0.25) is 11.3 Å². The average molecular weight is 312 g/mol. The number of hydrogen-bond donors (Lipinski definition) is 1. The molecule has 0 aliphatic heterocycles. The monoisotopic (exact) mass is 312 g/mol. The van der Waals surface area contributed by atoms with Gasteiger partial charge in [-0.2, -0.15) is 8.75 Å². The molecule has 0 bridgehead atoms. The molecule has 0 aliphatic rings. The van der Waals surface area contributed by atoms with Crippen LogP contribution in [0.3, 0.4) is 0 Å². The number of aryl methyl sites for hydroxylation is 1. The average Bonchev–Trinajstić information content (AvgIpc) is 3.13. The number of fused-ring (bicyclic) bond motifs is 1. The third kappa shape index (κ3) is 2.40. The summed E-state index contributed by atoms with van der Waals surface area (Å²) in [7, 11) is 0. The van der Waals surface area contributed by atoms with E-state index in [1.165, 1.54) is 12.4 Å². The first-order valence-electron chi connectivity index (χ1n) is 6.36. The minimum atomic E-state index is 0.454. The Labute approximate surface area is 130 Å². The summed E-state index contributed by atoms with van der Waals surface area (Å²) < 4.78 is 13.8. The number of nitrogens with two attached hydrogens (primary N) is 1. The van der Waals surface area contributed by atoms with E-state index in [0.29, 0.717) is 34.2 Å². The summed E-state index contributed by atoms with van der Waals surface area (Å²) in [6.45, 7) is 5.54. The molecule has 3 aromatic rings. The van der Waals surface area contributed by atoms with E-state index in [-0.39, 0.29) is 0 Å². The largest absolute Gasteiger partial charge is 0.462 e. The molecule has 0 fully saturated rings. The lowest BCUT2D eigenvalue weighted by atomic mass is 10.1. The summed E-state index contributed by atoms with van der Waals surface area (Å²) in [5.41, 5.74) is 8.93. The molecule has 2 N–H and O–H groups in total. The second-order valence-corrected chi connectivity index (χ2v) is 4.85. The van der Waals surface area contributed by atoms with Crippen LogP contribution in [0.5, 0.6) is 0 Å². The summed E-state index contributed by atoms with van der Waals surface area (Å²) in [6.07, 6.45) is 6.02. The Hall–Kier alpha value is -2.87. The Morgan fingerprint density at radius 1 is 1.36 bits per heavy atom. The van der Waals surface area contributed by atoms with Gasteiger partial charge in [0.25, 0.3) is 0 Å². The Bertz CT molecular complexity index is 892. The van der Waals surface area contributed by atoms with Crippen LogP contribution in [0.15, 0.2) is 46.8 Å². The lowest BCUT2D eigenvalue weighted by Crippen LogP contribution is -2.07. The van der Waals surface area contributed by atoms with Gasteiger partial charge >= 0.3 is 0 Å². The van der Waals surface area contributed by atoms with Crippen molar-refractivity contribution in [3.63, 3.8) is 0 Å². The first-order valence-corrected chi connectivity index (χ1v) is 7.09. The van der Waals surface area contributed by atoms with E-state index in [1.807, 2.05) is 13.0 Å². The van der Waals surface area contributed by atoms with E-state index in [4.69, 9.17) is 10.2 Å². The predicted molar refractivity (Wildman–Crippen MR) is 85.5 cm³/mol. The maximum Gasteiger partial charge on any atom is 0.213 e. The van der Waals surface area contributed by atoms with E-state index in [1.54, 1.807) is 12.3 Å². The van der Waals surface area contributed by atoms with Gasteiger partial charge in [0.15, 0.2) is 5.76 Å². The number of aromatic nitrogens is 4. The van der Waals surface area contributed by atoms with Gasteiger partial charge in [0.05, 0.1) is 23.7 Å². The zero-order valence-electron chi connectivity index (χ0n) is 11.7. The fraction of sp³-hybridized carbons (Fsp3) is 0.0714. The Balaban J connectivity index is 2.33. The second kappa shape index (κ2) is 5.86. The minimum absolute atomic E-state index is 0.454. The maximum absolute atomic E-state index is 5.54. The van der Waals surface area contributed by atoms with E-state index < -0.39 is 0 Å². The molecule has 0 spiro atoms. The summed E-state index contributed by atoms with van der Waals surface area (Å²) in [6, 6.07) is 1.85. The topological polar surface area (TPSA) is 103 Å². The number of furan rings is 1. The van der Waals surface area contributed by atoms with E-state index >= 15 is 0 Å². The van der Waals surface area contributed by atoms with E-state index in [2.05, 4.69) is 30.3 Å². The summed E-state index contributed by atoms with van der Waals surface area (Å²) >= 11 is 1.05. The fourth-order valence-corrected chi connectivity index (χ4v) is 2.40. The molecule has 0 unspecified atom stereocenters. The van der Waals surface area contributed by atoms with Crippen molar-refractivity contribution in [3.8, 4) is 11.5 Å². The third-order valence-electron chi connectivity index (χ3n) is 2.92. The Kier molecular flexibility index (Phi) is 3.75. The first kappa shape index (κ1) is 14.1. The van der Waals surface area contributed by atoms with Crippen LogP contribution >= 0.6 is 11.7 Å². The van der Waals surface area contributed by atoms with Crippen molar-refractivity contribution in [2.75, 3.05) is 0 Å². The Morgan fingerprint density at radius 3 is 2.77 bits per heavy atom. The molecule has 0 amide bonds. The smallest absolute Gasteiger partial charge is 0.213 e. The zero-order chi connectivity index (χ0) is 15.5. The molecule has 0 aliphatic carbocycles. The first-order chi connectivity index (χ1) is 10.7. The number of nitrogens with zero attached hydrogens (tertiary/aromatic N) is 5. The van der Waals surface area contributed by atoms with Crippen LogP contribution in [0.4, 0.5) is 0 Å². The number of allylic oxidation sites excluding steroid dienone is 1. The molecule has 0 atom stereocenters. The van der Waals surface area contributed by atoms with Gasteiger partial charge in [-0.3, -0.25) is 4.99 Å². The van der Waals surface area contributed by atoms with Gasteiger partial charge in [0.1, 0.15) is 11.4 Å². The van der Waals surface area contributed by atoms with E-state index in [9.17, 15) is 0 Å². The van der Waals surface area contributed by atoms with Crippen LogP contribution < -0.4 is 5.73 Å². The SMILES string of the molecule is C=CN=C(/C=C\N)c1nc2nsnc2nc1-c1occc1C. The molecular formula is C14H12N6OS. The molecule has 8 heteroatoms. The van der Waals surface area contributed by atoms with Gasteiger partial charge in [-0.25, -0.2) is 9.97 Å². The summed E-state index contributed by atoms with van der Waals surface area (Å²) in [5.74, 6) is 0.611. The van der Waals surface area contributed by atoms with Crippen molar-refractivity contribution in [2.24, 2.45) is 10.7 Å². The van der Waals surface area contributed by atoms with Gasteiger partial charge in [0, 0.05) is 6.20 Å². The third-order valence-corrected chi connectivity index (χ3v) is 3.43. The standard InChI is InChI=1S/C14H12N6OS/c1-3-16-9(4-6-15)10-11(12-8(2)5-7-21-12)18-14-13(17-10)19-22-20-14/h3-7H,1,15H2,2H3/b6-4-,16-9?. The van der Waals surface area contributed by atoms with Gasteiger partial charge in [-0.05, 0) is 30.8 Å². The van der Waals surface area contributed by atoms with Crippen LogP contribution in [0, 0.1) is 6.92 Å². The summed E-state index contributed by atoms with van der Waals surface area (Å²) in [5, 5.41) is 0. The van der Waals surface area contributed by atoms with Gasteiger partial charge in [-0.1, -0.05) is 6.58 Å². The fourth-order valence-electron chi connectivity index (χ4n) is 1.96. The van der Waals surface area contributed by atoms with Crippen LogP contribution in [0.2, 0.25) is 0 Å². The molecule has 22 heavy (non-hydrogen) atoms. The molecule has 0 radical (unpaired) electrons. The van der Waals surface area contributed by atoms with Crippen molar-refractivity contribution in [2.45, 2.75) is 6.92 Å². The van der Waals surface area contributed by atoms with Crippen LogP contribution in [0.25, 0.3) is 22.7 Å². The van der Waals surface area contributed by atoms with Crippen molar-refractivity contribution in [3.05, 3.63) is 48.6 Å². The summed E-state index contributed by atoms with van der Waals surface area (Å²) in [4.78, 5) is 13.2. The zero-order valence-corrected chi connectivity index (χ0v) is 12.5. The van der Waals surface area contributed by atoms with Crippen molar-refractivity contribution < 1.29 is 4.42 Å². The molecule has 3 heterocycles. The molecule has 7 nitrogen and oxygen atoms in total. The normalized spacial score (nSPS) is 12.3. The Morgan fingerprint density at radius 2 is 2.14 bits per heavy atom. The van der Waals surface area contributed by atoms with Crippen molar-refractivity contribution >= 4 is 28.7 Å². The molecule has 110 valence electrons. The molecule has 3 rings (SSSR count). The number of hydrogen-bond acceptors (Lipinski definition) is 8. The second-order valence-electron chi connectivity index (χ2n) is 4.32. The van der Waals surface area contributed by atoms with Gasteiger partial charge < -0.3 is 10.2 Å². The number of rotatable bonds is 4. The highest BCUT2D eigenvalue weighted by Gasteiger charge is 2.20. The minimum Gasteiger partial charge on any atom is -0.462 e. The maximum atomic E-state index is 5.54. The quantitative estimate of drug-likeness (QED) is 0.742. The lowest BCUT2D eigenvalue weighted by Gasteiger charge is -2.06. The highest BCUT2D eigenvalue weighted by molar-refractivity contribution is 6.99. The van der Waals surface area contributed by atoms with Crippen LogP contribution in [-0.4, -0.2) is 24.4 Å². The molecule has 0 saturated carbocycles. The van der Waals surface area contributed by atoms with E-state index in [0.717, 1.165) is 17.3 Å². The highest BCUT2D eigenvalue weighted by Crippen LogP contribution is 2.27. The van der Waals surface area contributed by atoms with Crippen LogP contribution in [0.1, 0.15) is 11.3 Å². The lowest BCUT2D eigenvalue weighted by molar-refractivity contribution is 0.578. The highest BCUT2D eigenvalue weighted by atomic mass is 32.1. The number of aliphatic imine (C=N–C) groups is 1. The van der Waals surface area contributed by atoms with Gasteiger partial charge in [-0.15, -0.1) is 0 Å². The molecule has 0 saturated heterocycles. The molecule has 3 aromatic heterocycles. The molecular weight excluding hydrogens is 300 g/mol. The predicted octanol–water partition coefficient (Wildman–Crippen LogP) is 2.45. The molecule has 0 aromatic carbocycles. The van der Waals surface area contributed by atoms with Crippen LogP contribution in [-0.2, 0) is 0 Å². The van der Waals surface area contributed by atoms with Crippen molar-refractivity contribution in [1.29, 1.82) is 0 Å².